The SMILES string of the molecule is CC(=O)c1ccc(OCC(O)CN(Cc2sccc2C)C2CCS(=O)(=O)C2)cc1. The fraction of sp³-hybridized carbons (Fsp3) is 0.476. The first-order valence-corrected chi connectivity index (χ1v) is 12.3. The van der Waals surface area contributed by atoms with Crippen LogP contribution in [-0.4, -0.2) is 61.0 Å². The average molecular weight is 438 g/mol. The molecule has 6 nitrogen and oxygen atoms in total. The monoisotopic (exact) mass is 437 g/mol. The number of rotatable bonds is 9. The molecule has 3 rings (SSSR count). The molecule has 0 bridgehead atoms. The van der Waals surface area contributed by atoms with Gasteiger partial charge < -0.3 is 9.84 Å². The van der Waals surface area contributed by atoms with Gasteiger partial charge in [0.25, 0.3) is 0 Å². The highest BCUT2D eigenvalue weighted by atomic mass is 32.2. The molecule has 1 aromatic carbocycles. The van der Waals surface area contributed by atoms with E-state index in [0.29, 0.717) is 30.8 Å². The Morgan fingerprint density at radius 1 is 1.31 bits per heavy atom. The van der Waals surface area contributed by atoms with E-state index in [4.69, 9.17) is 4.74 Å². The Morgan fingerprint density at radius 3 is 2.59 bits per heavy atom. The molecular weight excluding hydrogens is 410 g/mol. The van der Waals surface area contributed by atoms with Gasteiger partial charge in [0.1, 0.15) is 18.5 Å². The number of sulfone groups is 1. The molecule has 1 fully saturated rings. The van der Waals surface area contributed by atoms with Gasteiger partial charge in [0.15, 0.2) is 15.6 Å². The number of hydrogen-bond acceptors (Lipinski definition) is 7. The zero-order valence-electron chi connectivity index (χ0n) is 16.7. The summed E-state index contributed by atoms with van der Waals surface area (Å²) in [6, 6.07) is 8.76. The lowest BCUT2D eigenvalue weighted by Crippen LogP contribution is -2.42. The summed E-state index contributed by atoms with van der Waals surface area (Å²) >= 11 is 1.65. The zero-order valence-corrected chi connectivity index (χ0v) is 18.3. The Kier molecular flexibility index (Phi) is 7.10. The number of carbonyl (C=O) groups excluding carboxylic acids is 1. The van der Waals surface area contributed by atoms with Crippen LogP contribution in [0.3, 0.4) is 0 Å². The third-order valence-corrected chi connectivity index (χ3v) is 7.95. The molecule has 1 saturated heterocycles. The highest BCUT2D eigenvalue weighted by Crippen LogP contribution is 2.24. The molecule has 0 saturated carbocycles. The summed E-state index contributed by atoms with van der Waals surface area (Å²) in [6.45, 7) is 4.60. The molecular formula is C21H27NO5S2. The van der Waals surface area contributed by atoms with Crippen molar-refractivity contribution in [2.45, 2.75) is 39.0 Å². The van der Waals surface area contributed by atoms with Crippen LogP contribution in [0, 0.1) is 6.92 Å². The minimum atomic E-state index is -3.01. The molecule has 1 aliphatic rings. The molecule has 0 spiro atoms. The maximum Gasteiger partial charge on any atom is 0.159 e. The van der Waals surface area contributed by atoms with E-state index in [1.54, 1.807) is 35.6 Å². The van der Waals surface area contributed by atoms with Crippen LogP contribution in [0.25, 0.3) is 0 Å². The van der Waals surface area contributed by atoms with Gasteiger partial charge in [-0.25, -0.2) is 8.42 Å². The second-order valence-corrected chi connectivity index (χ2v) is 10.8. The summed E-state index contributed by atoms with van der Waals surface area (Å²) in [5, 5.41) is 12.6. The summed E-state index contributed by atoms with van der Waals surface area (Å²) in [5.74, 6) is 0.908. The molecule has 0 aliphatic carbocycles. The van der Waals surface area contributed by atoms with Crippen molar-refractivity contribution in [2.75, 3.05) is 24.7 Å². The maximum atomic E-state index is 12.0. The molecule has 1 aromatic heterocycles. The molecule has 0 radical (unpaired) electrons. The molecule has 2 atom stereocenters. The second kappa shape index (κ2) is 9.38. The van der Waals surface area contributed by atoms with E-state index >= 15 is 0 Å². The zero-order chi connectivity index (χ0) is 21.0. The number of benzene rings is 1. The minimum Gasteiger partial charge on any atom is -0.491 e. The molecule has 1 N–H and O–H groups in total. The molecule has 8 heteroatoms. The highest BCUT2D eigenvalue weighted by molar-refractivity contribution is 7.91. The van der Waals surface area contributed by atoms with E-state index in [9.17, 15) is 18.3 Å². The van der Waals surface area contributed by atoms with Crippen LogP contribution in [0.15, 0.2) is 35.7 Å². The van der Waals surface area contributed by atoms with Crippen molar-refractivity contribution in [3.8, 4) is 5.75 Å². The van der Waals surface area contributed by atoms with Crippen LogP contribution < -0.4 is 4.74 Å². The number of aliphatic hydroxyl groups is 1. The predicted molar refractivity (Wildman–Crippen MR) is 114 cm³/mol. The molecule has 0 amide bonds. The fourth-order valence-corrected chi connectivity index (χ4v) is 6.15. The van der Waals surface area contributed by atoms with Crippen molar-refractivity contribution in [1.29, 1.82) is 0 Å². The predicted octanol–water partition coefficient (Wildman–Crippen LogP) is 2.69. The number of ether oxygens (including phenoxy) is 1. The van der Waals surface area contributed by atoms with Crippen LogP contribution in [-0.2, 0) is 16.4 Å². The third-order valence-electron chi connectivity index (χ3n) is 5.19. The van der Waals surface area contributed by atoms with Crippen LogP contribution >= 0.6 is 11.3 Å². The topological polar surface area (TPSA) is 83.9 Å². The number of Topliss-reactive ketones (excluding diaryl/α,β-unsaturated/α-hetero) is 1. The first-order valence-electron chi connectivity index (χ1n) is 9.63. The smallest absolute Gasteiger partial charge is 0.159 e. The number of aliphatic hydroxyl groups excluding tert-OH is 1. The van der Waals surface area contributed by atoms with E-state index in [1.165, 1.54) is 17.4 Å². The third kappa shape index (κ3) is 6.12. The molecule has 158 valence electrons. The lowest BCUT2D eigenvalue weighted by Gasteiger charge is -2.30. The molecule has 2 aromatic rings. The Morgan fingerprint density at radius 2 is 2.03 bits per heavy atom. The van der Waals surface area contributed by atoms with Gasteiger partial charge in [0, 0.05) is 29.6 Å². The van der Waals surface area contributed by atoms with Gasteiger partial charge in [-0.3, -0.25) is 9.69 Å². The van der Waals surface area contributed by atoms with Crippen molar-refractivity contribution < 1.29 is 23.1 Å². The summed E-state index contributed by atoms with van der Waals surface area (Å²) in [4.78, 5) is 14.6. The first kappa shape index (κ1) is 22.0. The fourth-order valence-electron chi connectivity index (χ4n) is 3.46. The quantitative estimate of drug-likeness (QED) is 0.607. The molecule has 2 unspecified atom stereocenters. The second-order valence-electron chi connectivity index (χ2n) is 7.56. The van der Waals surface area contributed by atoms with Crippen molar-refractivity contribution in [3.05, 3.63) is 51.7 Å². The van der Waals surface area contributed by atoms with Crippen LogP contribution in [0.4, 0.5) is 0 Å². The van der Waals surface area contributed by atoms with Crippen LogP contribution in [0.1, 0.15) is 34.1 Å². The van der Waals surface area contributed by atoms with E-state index in [2.05, 4.69) is 4.90 Å². The molecule has 1 aliphatic heterocycles. The Bertz CT molecular complexity index is 936. The number of nitrogens with zero attached hydrogens (tertiary/aromatic N) is 1. The normalized spacial score (nSPS) is 19.4. The summed E-state index contributed by atoms with van der Waals surface area (Å²) in [6.07, 6.45) is -0.168. The van der Waals surface area contributed by atoms with Gasteiger partial charge in [0.05, 0.1) is 11.5 Å². The minimum absolute atomic E-state index is 0.0115. The number of hydrogen-bond donors (Lipinski definition) is 1. The Labute approximate surface area is 176 Å². The van der Waals surface area contributed by atoms with Crippen molar-refractivity contribution in [1.82, 2.24) is 4.90 Å². The molecule has 2 heterocycles. The van der Waals surface area contributed by atoms with E-state index < -0.39 is 15.9 Å². The number of ketones is 1. The van der Waals surface area contributed by atoms with Gasteiger partial charge >= 0.3 is 0 Å². The Balaban J connectivity index is 1.61. The standard InChI is InChI=1S/C21H27NO5S2/c1-15-7-9-28-21(15)12-22(18-8-10-29(25,26)14-18)11-19(24)13-27-20-5-3-17(4-6-20)16(2)23/h3-7,9,18-19,24H,8,10-14H2,1-2H3. The van der Waals surface area contributed by atoms with E-state index in [-0.39, 0.29) is 29.9 Å². The maximum absolute atomic E-state index is 12.0. The summed E-state index contributed by atoms with van der Waals surface area (Å²) in [7, 11) is -3.01. The van der Waals surface area contributed by atoms with Crippen LogP contribution in [0.2, 0.25) is 0 Å². The van der Waals surface area contributed by atoms with Crippen molar-refractivity contribution in [3.63, 3.8) is 0 Å². The Hall–Kier alpha value is -1.74. The first-order chi connectivity index (χ1) is 13.7. The van der Waals surface area contributed by atoms with Crippen molar-refractivity contribution >= 4 is 27.0 Å². The van der Waals surface area contributed by atoms with Crippen LogP contribution in [0.5, 0.6) is 5.75 Å². The average Bonchev–Trinajstić information content (AvgIpc) is 3.24. The van der Waals surface area contributed by atoms with Gasteiger partial charge in [0.2, 0.25) is 0 Å². The van der Waals surface area contributed by atoms with Gasteiger partial charge in [-0.15, -0.1) is 11.3 Å². The van der Waals surface area contributed by atoms with Gasteiger partial charge in [-0.1, -0.05) is 0 Å². The lowest BCUT2D eigenvalue weighted by atomic mass is 10.1. The van der Waals surface area contributed by atoms with E-state index in [1.807, 2.05) is 18.4 Å². The summed E-state index contributed by atoms with van der Waals surface area (Å²) in [5.41, 5.74) is 1.79. The van der Waals surface area contributed by atoms with Gasteiger partial charge in [-0.05, 0) is 61.5 Å². The number of carbonyl (C=O) groups is 1. The number of aryl methyl sites for hydroxylation is 1. The number of thiophene rings is 1. The summed E-state index contributed by atoms with van der Waals surface area (Å²) < 4.78 is 29.6. The lowest BCUT2D eigenvalue weighted by molar-refractivity contribution is 0.0528. The van der Waals surface area contributed by atoms with Gasteiger partial charge in [-0.2, -0.15) is 0 Å². The van der Waals surface area contributed by atoms with Crippen molar-refractivity contribution in [2.24, 2.45) is 0 Å². The van der Waals surface area contributed by atoms with E-state index in [0.717, 1.165) is 0 Å². The highest BCUT2D eigenvalue weighted by Gasteiger charge is 2.33. The largest absolute Gasteiger partial charge is 0.491 e. The molecule has 29 heavy (non-hydrogen) atoms.